The lowest BCUT2D eigenvalue weighted by atomic mass is 10.1. The molecule has 0 radical (unpaired) electrons. The van der Waals surface area contributed by atoms with Gasteiger partial charge < -0.3 is 24.8 Å². The fraction of sp³-hybridized carbons (Fsp3) is 0.130. The Morgan fingerprint density at radius 2 is 1.30 bits per heavy atom. The first kappa shape index (κ1) is 20.7. The number of carbonyl (C=O) groups excluding carboxylic acids is 2. The normalized spacial score (nSPS) is 10.1. The van der Waals surface area contributed by atoms with Crippen LogP contribution < -0.4 is 24.8 Å². The van der Waals surface area contributed by atoms with E-state index in [2.05, 4.69) is 10.6 Å². The van der Waals surface area contributed by atoms with Crippen molar-refractivity contribution in [2.75, 3.05) is 32.0 Å². The summed E-state index contributed by atoms with van der Waals surface area (Å²) in [4.78, 5) is 25.6. The lowest BCUT2D eigenvalue weighted by molar-refractivity contribution is 0.101. The summed E-state index contributed by atoms with van der Waals surface area (Å²) in [5.74, 6) is 0.374. The van der Waals surface area contributed by atoms with Crippen molar-refractivity contribution in [3.8, 4) is 17.2 Å². The van der Waals surface area contributed by atoms with Crippen LogP contribution in [0.5, 0.6) is 17.2 Å². The highest BCUT2D eigenvalue weighted by molar-refractivity contribution is 6.10. The second-order valence-electron chi connectivity index (χ2n) is 6.23. The molecule has 3 aromatic carbocycles. The van der Waals surface area contributed by atoms with Gasteiger partial charge in [-0.25, -0.2) is 0 Å². The summed E-state index contributed by atoms with van der Waals surface area (Å²) in [6, 6.07) is 19.0. The summed E-state index contributed by atoms with van der Waals surface area (Å²) in [6.07, 6.45) is 0. The Labute approximate surface area is 174 Å². The molecule has 2 amide bonds. The van der Waals surface area contributed by atoms with Gasteiger partial charge in [0.15, 0.2) is 0 Å². The largest absolute Gasteiger partial charge is 0.496 e. The Balaban J connectivity index is 1.90. The summed E-state index contributed by atoms with van der Waals surface area (Å²) in [6.45, 7) is 0. The average molecular weight is 406 g/mol. The molecule has 0 fully saturated rings. The molecule has 0 bridgehead atoms. The minimum absolute atomic E-state index is 0.240. The monoisotopic (exact) mass is 406 g/mol. The average Bonchev–Trinajstić information content (AvgIpc) is 2.78. The van der Waals surface area contributed by atoms with E-state index < -0.39 is 5.91 Å². The van der Waals surface area contributed by atoms with Gasteiger partial charge in [-0.15, -0.1) is 0 Å². The third-order valence-corrected chi connectivity index (χ3v) is 4.40. The number of rotatable bonds is 7. The van der Waals surface area contributed by atoms with E-state index in [1.54, 1.807) is 48.5 Å². The molecule has 3 aromatic rings. The van der Waals surface area contributed by atoms with E-state index in [9.17, 15) is 9.59 Å². The fourth-order valence-corrected chi connectivity index (χ4v) is 2.93. The van der Waals surface area contributed by atoms with Crippen LogP contribution in [0.4, 0.5) is 11.4 Å². The van der Waals surface area contributed by atoms with E-state index in [0.717, 1.165) is 0 Å². The Kier molecular flexibility index (Phi) is 6.54. The molecule has 0 aromatic heterocycles. The Hall–Kier alpha value is -4.00. The molecule has 0 saturated carbocycles. The molecule has 0 aliphatic carbocycles. The van der Waals surface area contributed by atoms with Gasteiger partial charge in [-0.1, -0.05) is 24.3 Å². The summed E-state index contributed by atoms with van der Waals surface area (Å²) in [5, 5.41) is 5.59. The van der Waals surface area contributed by atoms with Gasteiger partial charge in [0.1, 0.15) is 22.8 Å². The van der Waals surface area contributed by atoms with Crippen LogP contribution in [0.2, 0.25) is 0 Å². The van der Waals surface area contributed by atoms with Crippen molar-refractivity contribution in [3.63, 3.8) is 0 Å². The molecule has 0 aliphatic rings. The first-order valence-corrected chi connectivity index (χ1v) is 9.14. The van der Waals surface area contributed by atoms with Crippen LogP contribution in [0.1, 0.15) is 20.7 Å². The predicted octanol–water partition coefficient (Wildman–Crippen LogP) is 4.22. The van der Waals surface area contributed by atoms with Crippen molar-refractivity contribution in [2.24, 2.45) is 0 Å². The summed E-state index contributed by atoms with van der Waals surface area (Å²) < 4.78 is 15.9. The number of carbonyl (C=O) groups is 2. The zero-order valence-electron chi connectivity index (χ0n) is 16.9. The highest BCUT2D eigenvalue weighted by Gasteiger charge is 2.20. The number of nitrogens with one attached hydrogen (secondary N) is 2. The highest BCUT2D eigenvalue weighted by Crippen LogP contribution is 2.31. The Morgan fingerprint density at radius 1 is 0.667 bits per heavy atom. The molecule has 7 nitrogen and oxygen atoms in total. The van der Waals surface area contributed by atoms with E-state index in [4.69, 9.17) is 14.2 Å². The lowest BCUT2D eigenvalue weighted by Gasteiger charge is -2.15. The minimum Gasteiger partial charge on any atom is -0.496 e. The van der Waals surface area contributed by atoms with E-state index in [1.807, 2.05) is 18.2 Å². The maximum Gasteiger partial charge on any atom is 0.263 e. The number of hydrogen-bond acceptors (Lipinski definition) is 5. The van der Waals surface area contributed by atoms with Crippen molar-refractivity contribution in [1.29, 1.82) is 0 Å². The van der Waals surface area contributed by atoms with Crippen molar-refractivity contribution < 1.29 is 23.8 Å². The SMILES string of the molecule is COc1ccc(C(=O)Nc2ccccc2)cc1NC(=O)c1c(OC)cccc1OC. The van der Waals surface area contributed by atoms with Gasteiger partial charge in [0.25, 0.3) is 11.8 Å². The number of methoxy groups -OCH3 is 3. The number of anilines is 2. The number of benzene rings is 3. The molecule has 0 aliphatic heterocycles. The van der Waals surface area contributed by atoms with Gasteiger partial charge in [-0.3, -0.25) is 9.59 Å². The molecule has 154 valence electrons. The predicted molar refractivity (Wildman–Crippen MR) is 115 cm³/mol. The minimum atomic E-state index is -0.455. The van der Waals surface area contributed by atoms with Crippen molar-refractivity contribution in [3.05, 3.63) is 77.9 Å². The second-order valence-corrected chi connectivity index (χ2v) is 6.23. The standard InChI is InChI=1S/C23H22N2O5/c1-28-18-13-12-15(22(26)24-16-8-5-4-6-9-16)14-17(18)25-23(27)21-19(29-2)10-7-11-20(21)30-3/h4-14H,1-3H3,(H,24,26)(H,25,27). The van der Waals surface area contributed by atoms with E-state index in [0.29, 0.717) is 34.2 Å². The Morgan fingerprint density at radius 3 is 1.90 bits per heavy atom. The molecular weight excluding hydrogens is 384 g/mol. The zero-order chi connectivity index (χ0) is 21.5. The van der Waals surface area contributed by atoms with Gasteiger partial charge >= 0.3 is 0 Å². The third kappa shape index (κ3) is 4.52. The van der Waals surface area contributed by atoms with Crippen LogP contribution in [-0.4, -0.2) is 33.1 Å². The molecule has 30 heavy (non-hydrogen) atoms. The lowest BCUT2D eigenvalue weighted by Crippen LogP contribution is -2.17. The zero-order valence-corrected chi connectivity index (χ0v) is 16.9. The third-order valence-electron chi connectivity index (χ3n) is 4.40. The topological polar surface area (TPSA) is 85.9 Å². The number of para-hydroxylation sites is 1. The maximum atomic E-state index is 13.0. The Bertz CT molecular complexity index is 1030. The number of hydrogen-bond donors (Lipinski definition) is 2. The number of ether oxygens (including phenoxy) is 3. The van der Waals surface area contributed by atoms with Gasteiger partial charge in [0.2, 0.25) is 0 Å². The maximum absolute atomic E-state index is 13.0. The van der Waals surface area contributed by atoms with Crippen LogP contribution >= 0.6 is 0 Å². The van der Waals surface area contributed by atoms with Crippen LogP contribution in [-0.2, 0) is 0 Å². The van der Waals surface area contributed by atoms with Crippen molar-refractivity contribution in [1.82, 2.24) is 0 Å². The smallest absolute Gasteiger partial charge is 0.263 e. The van der Waals surface area contributed by atoms with Crippen LogP contribution in [0, 0.1) is 0 Å². The fourth-order valence-electron chi connectivity index (χ4n) is 2.93. The van der Waals surface area contributed by atoms with Crippen LogP contribution in [0.3, 0.4) is 0 Å². The molecule has 0 atom stereocenters. The molecular formula is C23H22N2O5. The van der Waals surface area contributed by atoms with Crippen molar-refractivity contribution >= 4 is 23.2 Å². The first-order valence-electron chi connectivity index (χ1n) is 9.14. The van der Waals surface area contributed by atoms with Crippen molar-refractivity contribution in [2.45, 2.75) is 0 Å². The number of amides is 2. The van der Waals surface area contributed by atoms with Gasteiger partial charge in [-0.05, 0) is 42.5 Å². The van der Waals surface area contributed by atoms with Gasteiger partial charge in [0, 0.05) is 11.3 Å². The summed E-state index contributed by atoms with van der Waals surface area (Å²) in [5.41, 5.74) is 1.62. The molecule has 0 unspecified atom stereocenters. The second kappa shape index (κ2) is 9.47. The molecule has 2 N–H and O–H groups in total. The van der Waals surface area contributed by atoms with Gasteiger partial charge in [0.05, 0.1) is 27.0 Å². The molecule has 7 heteroatoms. The van der Waals surface area contributed by atoms with E-state index in [1.165, 1.54) is 21.3 Å². The molecule has 3 rings (SSSR count). The highest BCUT2D eigenvalue weighted by atomic mass is 16.5. The van der Waals surface area contributed by atoms with E-state index in [-0.39, 0.29) is 11.5 Å². The van der Waals surface area contributed by atoms with Crippen LogP contribution in [0.15, 0.2) is 66.7 Å². The van der Waals surface area contributed by atoms with Crippen LogP contribution in [0.25, 0.3) is 0 Å². The summed E-state index contributed by atoms with van der Waals surface area (Å²) >= 11 is 0. The molecule has 0 heterocycles. The van der Waals surface area contributed by atoms with E-state index >= 15 is 0 Å². The van der Waals surface area contributed by atoms with Gasteiger partial charge in [-0.2, -0.15) is 0 Å². The molecule has 0 spiro atoms. The quantitative estimate of drug-likeness (QED) is 0.614. The molecule has 0 saturated heterocycles. The first-order chi connectivity index (χ1) is 14.6. The summed E-state index contributed by atoms with van der Waals surface area (Å²) in [7, 11) is 4.43.